The Kier molecular flexibility index (Phi) is 5.21. The van der Waals surface area contributed by atoms with Crippen molar-refractivity contribution in [1.29, 1.82) is 0 Å². The summed E-state index contributed by atoms with van der Waals surface area (Å²) in [6.07, 6.45) is 0. The Morgan fingerprint density at radius 3 is 2.47 bits per heavy atom. The number of rotatable bonds is 6. The highest BCUT2D eigenvalue weighted by molar-refractivity contribution is 7.99. The third-order valence-electron chi connectivity index (χ3n) is 2.41. The molecular formula is C15H18N2OS. The SMILES string of the molecule is CC(C)CSc1ccc(OCc2ccccc2)nn1. The van der Waals surface area contributed by atoms with Gasteiger partial charge < -0.3 is 4.74 Å². The van der Waals surface area contributed by atoms with Crippen LogP contribution < -0.4 is 4.74 Å². The van der Waals surface area contributed by atoms with Gasteiger partial charge in [0.2, 0.25) is 5.88 Å². The molecular weight excluding hydrogens is 256 g/mol. The van der Waals surface area contributed by atoms with Crippen molar-refractivity contribution in [2.24, 2.45) is 5.92 Å². The maximum absolute atomic E-state index is 5.59. The normalized spacial score (nSPS) is 10.7. The second-order valence-corrected chi connectivity index (χ2v) is 5.73. The van der Waals surface area contributed by atoms with Crippen molar-refractivity contribution in [3.05, 3.63) is 48.0 Å². The Bertz CT molecular complexity index is 485. The fourth-order valence-electron chi connectivity index (χ4n) is 1.45. The number of thioether (sulfide) groups is 1. The summed E-state index contributed by atoms with van der Waals surface area (Å²) >= 11 is 1.72. The lowest BCUT2D eigenvalue weighted by Gasteiger charge is -2.06. The van der Waals surface area contributed by atoms with Crippen LogP contribution in [0.3, 0.4) is 0 Å². The quantitative estimate of drug-likeness (QED) is 0.750. The fourth-order valence-corrected chi connectivity index (χ4v) is 2.21. The van der Waals surface area contributed by atoms with Gasteiger partial charge in [-0.3, -0.25) is 0 Å². The van der Waals surface area contributed by atoms with E-state index in [0.29, 0.717) is 18.4 Å². The third kappa shape index (κ3) is 4.91. The van der Waals surface area contributed by atoms with Crippen LogP contribution in [0.4, 0.5) is 0 Å². The van der Waals surface area contributed by atoms with E-state index in [1.165, 1.54) is 0 Å². The molecule has 19 heavy (non-hydrogen) atoms. The molecule has 0 radical (unpaired) electrons. The molecule has 3 nitrogen and oxygen atoms in total. The topological polar surface area (TPSA) is 35.0 Å². The van der Waals surface area contributed by atoms with Gasteiger partial charge in [-0.15, -0.1) is 22.0 Å². The number of nitrogens with zero attached hydrogens (tertiary/aromatic N) is 2. The first-order chi connectivity index (χ1) is 9.24. The van der Waals surface area contributed by atoms with Crippen LogP contribution in [-0.4, -0.2) is 16.0 Å². The molecule has 2 rings (SSSR count). The minimum Gasteiger partial charge on any atom is -0.472 e. The van der Waals surface area contributed by atoms with E-state index in [0.717, 1.165) is 16.3 Å². The summed E-state index contributed by atoms with van der Waals surface area (Å²) in [7, 11) is 0. The van der Waals surface area contributed by atoms with E-state index < -0.39 is 0 Å². The van der Waals surface area contributed by atoms with E-state index in [-0.39, 0.29) is 0 Å². The number of hydrogen-bond acceptors (Lipinski definition) is 4. The van der Waals surface area contributed by atoms with Crippen LogP contribution in [0, 0.1) is 5.92 Å². The monoisotopic (exact) mass is 274 g/mol. The zero-order valence-corrected chi connectivity index (χ0v) is 12.1. The molecule has 1 aromatic heterocycles. The van der Waals surface area contributed by atoms with E-state index in [4.69, 9.17) is 4.74 Å². The van der Waals surface area contributed by atoms with Crippen molar-refractivity contribution in [2.75, 3.05) is 5.75 Å². The van der Waals surface area contributed by atoms with E-state index in [1.807, 2.05) is 42.5 Å². The average Bonchev–Trinajstić information content (AvgIpc) is 2.45. The van der Waals surface area contributed by atoms with Gasteiger partial charge in [0.1, 0.15) is 11.6 Å². The summed E-state index contributed by atoms with van der Waals surface area (Å²) in [6.45, 7) is 4.91. The predicted octanol–water partition coefficient (Wildman–Crippen LogP) is 3.80. The first-order valence-electron chi connectivity index (χ1n) is 6.37. The molecule has 0 spiro atoms. The average molecular weight is 274 g/mol. The molecule has 0 amide bonds. The first-order valence-corrected chi connectivity index (χ1v) is 7.36. The molecule has 1 heterocycles. The molecule has 0 N–H and O–H groups in total. The molecule has 0 saturated carbocycles. The maximum atomic E-state index is 5.59. The van der Waals surface area contributed by atoms with Crippen molar-refractivity contribution in [1.82, 2.24) is 10.2 Å². The summed E-state index contributed by atoms with van der Waals surface area (Å²) in [4.78, 5) is 0. The summed E-state index contributed by atoms with van der Waals surface area (Å²) in [5, 5.41) is 9.17. The van der Waals surface area contributed by atoms with Gasteiger partial charge in [-0.1, -0.05) is 44.2 Å². The molecule has 0 saturated heterocycles. The van der Waals surface area contributed by atoms with Gasteiger partial charge in [0.05, 0.1) is 0 Å². The van der Waals surface area contributed by atoms with Gasteiger partial charge in [-0.05, 0) is 17.5 Å². The zero-order chi connectivity index (χ0) is 13.5. The van der Waals surface area contributed by atoms with Crippen molar-refractivity contribution in [3.63, 3.8) is 0 Å². The molecule has 100 valence electrons. The predicted molar refractivity (Wildman–Crippen MR) is 78.4 cm³/mol. The smallest absolute Gasteiger partial charge is 0.233 e. The third-order valence-corrected chi connectivity index (χ3v) is 3.76. The van der Waals surface area contributed by atoms with Crippen LogP contribution in [0.5, 0.6) is 5.88 Å². The van der Waals surface area contributed by atoms with E-state index in [9.17, 15) is 0 Å². The van der Waals surface area contributed by atoms with Crippen molar-refractivity contribution < 1.29 is 4.74 Å². The largest absolute Gasteiger partial charge is 0.472 e. The maximum Gasteiger partial charge on any atom is 0.233 e. The van der Waals surface area contributed by atoms with Crippen molar-refractivity contribution in [3.8, 4) is 5.88 Å². The highest BCUT2D eigenvalue weighted by Crippen LogP contribution is 2.19. The van der Waals surface area contributed by atoms with Gasteiger partial charge in [0, 0.05) is 11.8 Å². The van der Waals surface area contributed by atoms with Gasteiger partial charge in [-0.2, -0.15) is 0 Å². The van der Waals surface area contributed by atoms with E-state index >= 15 is 0 Å². The van der Waals surface area contributed by atoms with Crippen LogP contribution in [0.15, 0.2) is 47.5 Å². The number of hydrogen-bond donors (Lipinski definition) is 0. The molecule has 0 aliphatic heterocycles. The van der Waals surface area contributed by atoms with Crippen LogP contribution in [0.2, 0.25) is 0 Å². The number of aromatic nitrogens is 2. The van der Waals surface area contributed by atoms with Gasteiger partial charge in [-0.25, -0.2) is 0 Å². The van der Waals surface area contributed by atoms with E-state index in [1.54, 1.807) is 11.8 Å². The molecule has 0 fully saturated rings. The first kappa shape index (κ1) is 13.9. The van der Waals surface area contributed by atoms with Crippen LogP contribution in [0.1, 0.15) is 19.4 Å². The summed E-state index contributed by atoms with van der Waals surface area (Å²) in [6, 6.07) is 13.9. The van der Waals surface area contributed by atoms with Crippen LogP contribution in [-0.2, 0) is 6.61 Å². The Balaban J connectivity index is 1.85. The lowest BCUT2D eigenvalue weighted by molar-refractivity contribution is 0.289. The Hall–Kier alpha value is -1.55. The van der Waals surface area contributed by atoms with Gasteiger partial charge in [0.15, 0.2) is 0 Å². The molecule has 0 aliphatic rings. The summed E-state index contributed by atoms with van der Waals surface area (Å²) in [5.74, 6) is 2.28. The zero-order valence-electron chi connectivity index (χ0n) is 11.2. The Labute approximate surface area is 118 Å². The molecule has 0 aliphatic carbocycles. The summed E-state index contributed by atoms with van der Waals surface area (Å²) in [5.41, 5.74) is 1.13. The second-order valence-electron chi connectivity index (χ2n) is 4.69. The van der Waals surface area contributed by atoms with Crippen molar-refractivity contribution >= 4 is 11.8 Å². The molecule has 4 heteroatoms. The van der Waals surface area contributed by atoms with Crippen LogP contribution >= 0.6 is 11.8 Å². The highest BCUT2D eigenvalue weighted by Gasteiger charge is 2.01. The van der Waals surface area contributed by atoms with E-state index in [2.05, 4.69) is 24.0 Å². The molecule has 0 bridgehead atoms. The van der Waals surface area contributed by atoms with Crippen LogP contribution in [0.25, 0.3) is 0 Å². The number of ether oxygens (including phenoxy) is 1. The number of benzene rings is 1. The molecule has 0 unspecified atom stereocenters. The lowest BCUT2D eigenvalue weighted by atomic mass is 10.2. The highest BCUT2D eigenvalue weighted by atomic mass is 32.2. The van der Waals surface area contributed by atoms with Gasteiger partial charge >= 0.3 is 0 Å². The molecule has 0 atom stereocenters. The minimum absolute atomic E-state index is 0.522. The van der Waals surface area contributed by atoms with Gasteiger partial charge in [0.25, 0.3) is 0 Å². The Morgan fingerprint density at radius 1 is 1.05 bits per heavy atom. The Morgan fingerprint density at radius 2 is 1.84 bits per heavy atom. The second kappa shape index (κ2) is 7.14. The lowest BCUT2D eigenvalue weighted by Crippen LogP contribution is -1.99. The molecule has 2 aromatic rings. The standard InChI is InChI=1S/C15H18N2OS/c1-12(2)11-19-15-9-8-14(16-17-15)18-10-13-6-4-3-5-7-13/h3-9,12H,10-11H2,1-2H3. The summed E-state index contributed by atoms with van der Waals surface area (Å²) < 4.78 is 5.59. The fraction of sp³-hybridized carbons (Fsp3) is 0.333. The minimum atomic E-state index is 0.522. The van der Waals surface area contributed by atoms with Crippen molar-refractivity contribution in [2.45, 2.75) is 25.5 Å². The molecule has 1 aromatic carbocycles.